The maximum absolute atomic E-state index is 12.7. The Bertz CT molecular complexity index is 733. The molecular weight excluding hydrogens is 399 g/mol. The van der Waals surface area contributed by atoms with E-state index in [0.717, 1.165) is 23.5 Å². The molecule has 0 saturated carbocycles. The molecule has 2 aromatic rings. The highest BCUT2D eigenvalue weighted by molar-refractivity contribution is 9.09. The first-order valence-electron chi connectivity index (χ1n) is 6.35. The quantitative estimate of drug-likeness (QED) is 0.469. The van der Waals surface area contributed by atoms with Gasteiger partial charge in [0.1, 0.15) is 6.29 Å². The van der Waals surface area contributed by atoms with Gasteiger partial charge in [0.25, 0.3) is 0 Å². The van der Waals surface area contributed by atoms with E-state index in [1.54, 1.807) is 6.92 Å². The Balaban J connectivity index is 2.24. The van der Waals surface area contributed by atoms with E-state index >= 15 is 0 Å². The number of aldehydes is 1. The summed E-state index contributed by atoms with van der Waals surface area (Å²) in [6.45, 7) is 1.54. The van der Waals surface area contributed by atoms with Crippen molar-refractivity contribution in [2.75, 3.05) is 11.9 Å². The van der Waals surface area contributed by atoms with Gasteiger partial charge in [-0.1, -0.05) is 27.3 Å². The Labute approximate surface area is 141 Å². The molecule has 1 heterocycles. The van der Waals surface area contributed by atoms with Gasteiger partial charge in [0, 0.05) is 0 Å². The molecule has 1 N–H and O–H groups in total. The van der Waals surface area contributed by atoms with Crippen LogP contribution in [0.2, 0.25) is 0 Å². The van der Waals surface area contributed by atoms with Crippen LogP contribution in [0.1, 0.15) is 12.5 Å². The standard InChI is InChI=1S/C13H11BrF3N3O2S/c1-7(14)20(4-5-21)12(22)19-11-18-9-6-8(13(15,16)17)2-3-10(9)23-11/h2-3,5-7H,4H2,1H3,(H,18,19,22). The highest BCUT2D eigenvalue weighted by atomic mass is 79.9. The second kappa shape index (κ2) is 6.83. The van der Waals surface area contributed by atoms with Gasteiger partial charge in [0.2, 0.25) is 0 Å². The third kappa shape index (κ3) is 4.20. The first-order chi connectivity index (χ1) is 10.7. The number of carbonyl (C=O) groups is 2. The number of fused-ring (bicyclic) bond motifs is 1. The number of hydrogen-bond acceptors (Lipinski definition) is 4. The lowest BCUT2D eigenvalue weighted by Crippen LogP contribution is -2.39. The number of urea groups is 1. The molecule has 0 aliphatic heterocycles. The molecular formula is C13H11BrF3N3O2S. The van der Waals surface area contributed by atoms with Gasteiger partial charge in [-0.2, -0.15) is 13.2 Å². The van der Waals surface area contributed by atoms with Gasteiger partial charge in [0.05, 0.1) is 27.3 Å². The summed E-state index contributed by atoms with van der Waals surface area (Å²) in [5.41, 5.74) is -0.654. The van der Waals surface area contributed by atoms with Gasteiger partial charge >= 0.3 is 12.2 Å². The molecule has 2 amide bonds. The normalized spacial score (nSPS) is 12.9. The number of nitrogens with zero attached hydrogens (tertiary/aromatic N) is 2. The Hall–Kier alpha value is -1.68. The summed E-state index contributed by atoms with van der Waals surface area (Å²) in [5, 5.41) is 2.64. The van der Waals surface area contributed by atoms with Crippen molar-refractivity contribution >= 4 is 54.9 Å². The number of aromatic nitrogens is 1. The van der Waals surface area contributed by atoms with Gasteiger partial charge in [0.15, 0.2) is 5.13 Å². The lowest BCUT2D eigenvalue weighted by Gasteiger charge is -2.22. The highest BCUT2D eigenvalue weighted by Gasteiger charge is 2.31. The number of rotatable bonds is 4. The second-order valence-electron chi connectivity index (χ2n) is 4.52. The van der Waals surface area contributed by atoms with Crippen LogP contribution in [0.3, 0.4) is 0 Å². The Morgan fingerprint density at radius 3 is 2.78 bits per heavy atom. The van der Waals surface area contributed by atoms with E-state index in [9.17, 15) is 22.8 Å². The molecule has 1 atom stereocenters. The van der Waals surface area contributed by atoms with Gasteiger partial charge < -0.3 is 9.69 Å². The maximum atomic E-state index is 12.7. The van der Waals surface area contributed by atoms with Crippen LogP contribution in [0.15, 0.2) is 18.2 Å². The Morgan fingerprint density at radius 2 is 2.22 bits per heavy atom. The smallest absolute Gasteiger partial charge is 0.305 e. The summed E-state index contributed by atoms with van der Waals surface area (Å²) < 4.78 is 38.5. The van der Waals surface area contributed by atoms with Crippen LogP contribution in [-0.4, -0.2) is 33.7 Å². The molecule has 0 bridgehead atoms. The van der Waals surface area contributed by atoms with E-state index in [0.29, 0.717) is 11.0 Å². The number of benzene rings is 1. The predicted octanol–water partition coefficient (Wildman–Crippen LogP) is 4.09. The summed E-state index contributed by atoms with van der Waals surface area (Å²) in [6.07, 6.45) is -3.88. The predicted molar refractivity (Wildman–Crippen MR) is 84.8 cm³/mol. The average Bonchev–Trinajstić information content (AvgIpc) is 2.84. The van der Waals surface area contributed by atoms with Gasteiger partial charge in [-0.15, -0.1) is 0 Å². The van der Waals surface area contributed by atoms with Crippen LogP contribution in [0, 0.1) is 0 Å². The fourth-order valence-corrected chi connectivity index (χ4v) is 2.98. The number of carbonyl (C=O) groups excluding carboxylic acids is 2. The minimum absolute atomic E-state index is 0.124. The second-order valence-corrected chi connectivity index (χ2v) is 6.88. The summed E-state index contributed by atoms with van der Waals surface area (Å²) in [6, 6.07) is 2.63. The molecule has 0 spiro atoms. The fourth-order valence-electron chi connectivity index (χ4n) is 1.79. The molecule has 2 rings (SSSR count). The first kappa shape index (κ1) is 17.7. The number of halogens is 4. The topological polar surface area (TPSA) is 62.3 Å². The van der Waals surface area contributed by atoms with E-state index in [-0.39, 0.29) is 22.1 Å². The largest absolute Gasteiger partial charge is 0.416 e. The molecule has 1 aromatic carbocycles. The number of hydrogen-bond donors (Lipinski definition) is 1. The van der Waals surface area contributed by atoms with Gasteiger partial charge in [-0.25, -0.2) is 9.78 Å². The third-order valence-corrected chi connectivity index (χ3v) is 4.34. The highest BCUT2D eigenvalue weighted by Crippen LogP contribution is 2.34. The van der Waals surface area contributed by atoms with Crippen LogP contribution < -0.4 is 5.32 Å². The summed E-state index contributed by atoms with van der Waals surface area (Å²) >= 11 is 4.24. The van der Waals surface area contributed by atoms with Crippen molar-refractivity contribution < 1.29 is 22.8 Å². The average molecular weight is 410 g/mol. The monoisotopic (exact) mass is 409 g/mol. The first-order valence-corrected chi connectivity index (χ1v) is 8.08. The minimum atomic E-state index is -4.45. The third-order valence-electron chi connectivity index (χ3n) is 2.89. The van der Waals surface area contributed by atoms with E-state index in [1.165, 1.54) is 11.0 Å². The van der Waals surface area contributed by atoms with Crippen molar-refractivity contribution in [3.05, 3.63) is 23.8 Å². The van der Waals surface area contributed by atoms with E-state index in [1.807, 2.05) is 0 Å². The number of thiazole rings is 1. The number of alkyl halides is 4. The summed E-state index contributed by atoms with van der Waals surface area (Å²) in [4.78, 5) is 27.5. The molecule has 0 radical (unpaired) electrons. The van der Waals surface area contributed by atoms with Crippen LogP contribution in [0.5, 0.6) is 0 Å². The number of nitrogens with one attached hydrogen (secondary N) is 1. The zero-order valence-electron chi connectivity index (χ0n) is 11.7. The fraction of sp³-hybridized carbons (Fsp3) is 0.308. The molecule has 124 valence electrons. The molecule has 1 aromatic heterocycles. The molecule has 23 heavy (non-hydrogen) atoms. The van der Waals surface area contributed by atoms with Crippen molar-refractivity contribution in [3.8, 4) is 0 Å². The van der Waals surface area contributed by atoms with Crippen LogP contribution >= 0.6 is 27.3 Å². The molecule has 1 unspecified atom stereocenters. The molecule has 0 aliphatic rings. The van der Waals surface area contributed by atoms with Crippen LogP contribution in [-0.2, 0) is 11.0 Å². The minimum Gasteiger partial charge on any atom is -0.305 e. The lowest BCUT2D eigenvalue weighted by atomic mass is 10.2. The Kier molecular flexibility index (Phi) is 5.25. The molecule has 0 aliphatic carbocycles. The summed E-state index contributed by atoms with van der Waals surface area (Å²) in [5.74, 6) is 0. The Morgan fingerprint density at radius 1 is 1.52 bits per heavy atom. The van der Waals surface area contributed by atoms with E-state index in [2.05, 4.69) is 26.2 Å². The molecule has 0 saturated heterocycles. The molecule has 0 fully saturated rings. The number of amides is 2. The number of anilines is 1. The molecule has 10 heteroatoms. The zero-order chi connectivity index (χ0) is 17.2. The van der Waals surface area contributed by atoms with Gasteiger partial charge in [-0.3, -0.25) is 5.32 Å². The lowest BCUT2D eigenvalue weighted by molar-refractivity contribution is -0.137. The summed E-state index contributed by atoms with van der Waals surface area (Å²) in [7, 11) is 0. The van der Waals surface area contributed by atoms with Crippen LogP contribution in [0.4, 0.5) is 23.1 Å². The van der Waals surface area contributed by atoms with Crippen molar-refractivity contribution in [2.45, 2.75) is 18.1 Å². The van der Waals surface area contributed by atoms with Crippen molar-refractivity contribution in [1.82, 2.24) is 9.88 Å². The van der Waals surface area contributed by atoms with Crippen LogP contribution in [0.25, 0.3) is 10.2 Å². The van der Waals surface area contributed by atoms with Crippen molar-refractivity contribution in [1.29, 1.82) is 0 Å². The van der Waals surface area contributed by atoms with Crippen molar-refractivity contribution in [3.63, 3.8) is 0 Å². The van der Waals surface area contributed by atoms with E-state index < -0.39 is 17.8 Å². The maximum Gasteiger partial charge on any atom is 0.416 e. The van der Waals surface area contributed by atoms with Gasteiger partial charge in [-0.05, 0) is 25.1 Å². The zero-order valence-corrected chi connectivity index (χ0v) is 14.1. The van der Waals surface area contributed by atoms with E-state index in [4.69, 9.17) is 0 Å². The molecule has 5 nitrogen and oxygen atoms in total. The SMILES string of the molecule is CC(Br)N(CC=O)C(=O)Nc1nc2cc(C(F)(F)F)ccc2s1. The van der Waals surface area contributed by atoms with Crippen molar-refractivity contribution in [2.24, 2.45) is 0 Å².